The van der Waals surface area contributed by atoms with Crippen LogP contribution in [-0.4, -0.2) is 32.2 Å². The molecule has 122 valence electrons. The van der Waals surface area contributed by atoms with Gasteiger partial charge in [0.2, 0.25) is 0 Å². The lowest BCUT2D eigenvalue weighted by molar-refractivity contribution is 0.262. The molecule has 24 heavy (non-hydrogen) atoms. The van der Waals surface area contributed by atoms with Crippen molar-refractivity contribution in [2.24, 2.45) is 0 Å². The van der Waals surface area contributed by atoms with Crippen LogP contribution in [0, 0.1) is 0 Å². The average Bonchev–Trinajstić information content (AvgIpc) is 3.12. The monoisotopic (exact) mass is 324 g/mol. The minimum absolute atomic E-state index is 0.386. The summed E-state index contributed by atoms with van der Waals surface area (Å²) in [6.07, 6.45) is 6.40. The van der Waals surface area contributed by atoms with Gasteiger partial charge in [-0.05, 0) is 31.2 Å². The molecule has 0 saturated carbocycles. The van der Waals surface area contributed by atoms with Gasteiger partial charge in [-0.2, -0.15) is 0 Å². The summed E-state index contributed by atoms with van der Waals surface area (Å²) in [5.41, 5.74) is 0.653. The summed E-state index contributed by atoms with van der Waals surface area (Å²) in [6, 6.07) is 8.37. The third-order valence-electron chi connectivity index (χ3n) is 3.09. The number of urea groups is 1. The predicted octanol–water partition coefficient (Wildman–Crippen LogP) is 2.71. The molecule has 3 rings (SSSR count). The molecule has 0 atom stereocenters. The van der Waals surface area contributed by atoms with Crippen molar-refractivity contribution in [1.29, 1.82) is 0 Å². The minimum Gasteiger partial charge on any atom is -0.494 e. The third kappa shape index (κ3) is 3.86. The van der Waals surface area contributed by atoms with Gasteiger partial charge in [0, 0.05) is 24.1 Å². The van der Waals surface area contributed by atoms with Gasteiger partial charge < -0.3 is 10.1 Å². The molecular formula is C16H16N6O2. The van der Waals surface area contributed by atoms with Crippen LogP contribution in [-0.2, 0) is 0 Å². The van der Waals surface area contributed by atoms with E-state index in [-0.39, 0.29) is 0 Å². The van der Waals surface area contributed by atoms with E-state index < -0.39 is 6.03 Å². The maximum Gasteiger partial charge on any atom is 0.324 e. The van der Waals surface area contributed by atoms with Crippen molar-refractivity contribution in [1.82, 2.24) is 19.5 Å². The fourth-order valence-electron chi connectivity index (χ4n) is 2.03. The summed E-state index contributed by atoms with van der Waals surface area (Å²) >= 11 is 0. The summed E-state index contributed by atoms with van der Waals surface area (Å²) < 4.78 is 7.08. The molecule has 3 aromatic rings. The smallest absolute Gasteiger partial charge is 0.324 e. The number of hydrogen-bond donors (Lipinski definition) is 2. The van der Waals surface area contributed by atoms with Crippen LogP contribution in [0.2, 0.25) is 0 Å². The molecule has 2 heterocycles. The summed E-state index contributed by atoms with van der Waals surface area (Å²) in [7, 11) is 0. The van der Waals surface area contributed by atoms with Crippen LogP contribution in [0.5, 0.6) is 5.75 Å². The molecule has 0 aliphatic carbocycles. The number of rotatable bonds is 5. The fraction of sp³-hybridized carbons (Fsp3) is 0.125. The molecule has 1 aromatic carbocycles. The van der Waals surface area contributed by atoms with Crippen LogP contribution in [0.3, 0.4) is 0 Å². The lowest BCUT2D eigenvalue weighted by atomic mass is 10.3. The van der Waals surface area contributed by atoms with Gasteiger partial charge in [-0.15, -0.1) is 0 Å². The zero-order valence-corrected chi connectivity index (χ0v) is 13.0. The number of nitrogens with one attached hydrogen (secondary N) is 2. The van der Waals surface area contributed by atoms with Crippen molar-refractivity contribution < 1.29 is 9.53 Å². The van der Waals surface area contributed by atoms with E-state index in [9.17, 15) is 4.79 Å². The second kappa shape index (κ2) is 7.23. The van der Waals surface area contributed by atoms with Gasteiger partial charge in [-0.1, -0.05) is 0 Å². The number of benzene rings is 1. The summed E-state index contributed by atoms with van der Waals surface area (Å²) in [4.78, 5) is 24.2. The Kier molecular flexibility index (Phi) is 4.66. The summed E-state index contributed by atoms with van der Waals surface area (Å²) in [5.74, 6) is 1.75. The van der Waals surface area contributed by atoms with Crippen LogP contribution in [0.1, 0.15) is 6.92 Å². The Balaban J connectivity index is 1.63. The number of hydrogen-bond acceptors (Lipinski definition) is 5. The van der Waals surface area contributed by atoms with E-state index in [2.05, 4.69) is 25.6 Å². The molecule has 0 bridgehead atoms. The highest BCUT2D eigenvalue weighted by Crippen LogP contribution is 2.16. The Morgan fingerprint density at radius 2 is 2.04 bits per heavy atom. The van der Waals surface area contributed by atoms with Gasteiger partial charge >= 0.3 is 6.03 Å². The van der Waals surface area contributed by atoms with Crippen molar-refractivity contribution in [2.75, 3.05) is 17.2 Å². The van der Waals surface area contributed by atoms with E-state index in [0.29, 0.717) is 23.9 Å². The first-order chi connectivity index (χ1) is 11.7. The van der Waals surface area contributed by atoms with E-state index in [1.807, 2.05) is 6.92 Å². The van der Waals surface area contributed by atoms with Crippen molar-refractivity contribution in [2.45, 2.75) is 6.92 Å². The number of aromatic nitrogens is 4. The number of imidazole rings is 1. The Bertz CT molecular complexity index is 802. The van der Waals surface area contributed by atoms with E-state index in [1.54, 1.807) is 53.6 Å². The highest BCUT2D eigenvalue weighted by molar-refractivity contribution is 5.99. The fourth-order valence-corrected chi connectivity index (χ4v) is 2.03. The SMILES string of the molecule is CCOc1ccc(NC(=O)Nc2cc(-n3ccnc3)ncn2)cc1. The molecule has 8 nitrogen and oxygen atoms in total. The minimum atomic E-state index is -0.394. The van der Waals surface area contributed by atoms with E-state index in [1.165, 1.54) is 6.33 Å². The topological polar surface area (TPSA) is 94.0 Å². The lowest BCUT2D eigenvalue weighted by Crippen LogP contribution is -2.20. The van der Waals surface area contributed by atoms with Gasteiger partial charge in [0.1, 0.15) is 30.0 Å². The van der Waals surface area contributed by atoms with Crippen molar-refractivity contribution in [3.8, 4) is 11.6 Å². The zero-order valence-electron chi connectivity index (χ0n) is 13.0. The zero-order chi connectivity index (χ0) is 16.8. The largest absolute Gasteiger partial charge is 0.494 e. The van der Waals surface area contributed by atoms with E-state index in [4.69, 9.17) is 4.74 Å². The van der Waals surface area contributed by atoms with Crippen LogP contribution in [0.15, 0.2) is 55.4 Å². The standard InChI is InChI=1S/C16H16N6O2/c1-2-24-13-5-3-12(4-6-13)20-16(23)21-14-9-15(19-10-18-14)22-8-7-17-11-22/h3-11H,2H2,1H3,(H2,18,19,20,21,23). The molecule has 0 aliphatic rings. The molecule has 2 amide bonds. The Hall–Kier alpha value is -3.42. The van der Waals surface area contributed by atoms with E-state index >= 15 is 0 Å². The number of ether oxygens (including phenoxy) is 1. The van der Waals surface area contributed by atoms with Gasteiger partial charge in [0.15, 0.2) is 0 Å². The Labute approximate surface area is 138 Å². The van der Waals surface area contributed by atoms with Gasteiger partial charge in [0.25, 0.3) is 0 Å². The highest BCUT2D eigenvalue weighted by atomic mass is 16.5. The number of amides is 2. The number of anilines is 2. The number of nitrogens with zero attached hydrogens (tertiary/aromatic N) is 4. The molecule has 0 spiro atoms. The van der Waals surface area contributed by atoms with Gasteiger partial charge in [-0.25, -0.2) is 19.7 Å². The summed E-state index contributed by atoms with van der Waals surface area (Å²) in [6.45, 7) is 2.51. The van der Waals surface area contributed by atoms with Crippen molar-refractivity contribution >= 4 is 17.5 Å². The predicted molar refractivity (Wildman–Crippen MR) is 89.4 cm³/mol. The second-order valence-electron chi connectivity index (χ2n) is 4.77. The maximum absolute atomic E-state index is 12.1. The van der Waals surface area contributed by atoms with Crippen LogP contribution < -0.4 is 15.4 Å². The molecule has 2 N–H and O–H groups in total. The van der Waals surface area contributed by atoms with Gasteiger partial charge in [0.05, 0.1) is 6.61 Å². The highest BCUT2D eigenvalue weighted by Gasteiger charge is 2.06. The average molecular weight is 324 g/mol. The molecule has 0 aliphatic heterocycles. The first-order valence-corrected chi connectivity index (χ1v) is 7.36. The molecule has 8 heteroatoms. The molecule has 0 unspecified atom stereocenters. The van der Waals surface area contributed by atoms with E-state index in [0.717, 1.165) is 5.75 Å². The first-order valence-electron chi connectivity index (χ1n) is 7.36. The molecule has 0 radical (unpaired) electrons. The lowest BCUT2D eigenvalue weighted by Gasteiger charge is -2.09. The quantitative estimate of drug-likeness (QED) is 0.752. The van der Waals surface area contributed by atoms with Crippen LogP contribution in [0.4, 0.5) is 16.3 Å². The third-order valence-corrected chi connectivity index (χ3v) is 3.09. The normalized spacial score (nSPS) is 10.2. The molecule has 2 aromatic heterocycles. The van der Waals surface area contributed by atoms with Gasteiger partial charge in [-0.3, -0.25) is 9.88 Å². The first kappa shape index (κ1) is 15.5. The Morgan fingerprint density at radius 3 is 2.75 bits per heavy atom. The van der Waals surface area contributed by atoms with Crippen molar-refractivity contribution in [3.05, 3.63) is 55.4 Å². The molecule has 0 saturated heterocycles. The molecular weight excluding hydrogens is 308 g/mol. The number of carbonyl (C=O) groups is 1. The van der Waals surface area contributed by atoms with Crippen LogP contribution in [0.25, 0.3) is 5.82 Å². The second-order valence-corrected chi connectivity index (χ2v) is 4.77. The Morgan fingerprint density at radius 1 is 1.21 bits per heavy atom. The maximum atomic E-state index is 12.1. The van der Waals surface area contributed by atoms with Crippen molar-refractivity contribution in [3.63, 3.8) is 0 Å². The summed E-state index contributed by atoms with van der Waals surface area (Å²) in [5, 5.41) is 5.40. The van der Waals surface area contributed by atoms with Crippen LogP contribution >= 0.6 is 0 Å². The number of carbonyl (C=O) groups excluding carboxylic acids is 1. The molecule has 0 fully saturated rings.